The van der Waals surface area contributed by atoms with Crippen LogP contribution in [0.25, 0.3) is 0 Å². The zero-order valence-corrected chi connectivity index (χ0v) is 14.4. The normalized spacial score (nSPS) is 10.7. The van der Waals surface area contributed by atoms with Crippen molar-refractivity contribution in [2.75, 3.05) is 6.61 Å². The van der Waals surface area contributed by atoms with Gasteiger partial charge in [-0.2, -0.15) is 8.78 Å². The lowest BCUT2D eigenvalue weighted by Crippen LogP contribution is -2.15. The quantitative estimate of drug-likeness (QED) is 0.395. The van der Waals surface area contributed by atoms with E-state index in [1.54, 1.807) is 12.1 Å². The van der Waals surface area contributed by atoms with Crippen molar-refractivity contribution in [1.82, 2.24) is 4.98 Å². The molecule has 0 amide bonds. The van der Waals surface area contributed by atoms with Crippen LogP contribution in [0.1, 0.15) is 39.6 Å². The Balaban J connectivity index is 1.98. The third-order valence-corrected chi connectivity index (χ3v) is 4.07. The van der Waals surface area contributed by atoms with Crippen LogP contribution in [0.2, 0.25) is 0 Å². The second-order valence-electron chi connectivity index (χ2n) is 5.18. The molecule has 25 heavy (non-hydrogen) atoms. The summed E-state index contributed by atoms with van der Waals surface area (Å²) in [6, 6.07) is 9.87. The maximum absolute atomic E-state index is 12.5. The molecule has 2 rings (SSSR count). The zero-order valence-electron chi connectivity index (χ0n) is 13.6. The van der Waals surface area contributed by atoms with Crippen LogP contribution in [0.15, 0.2) is 47.6 Å². The highest BCUT2D eigenvalue weighted by atomic mass is 32.2. The van der Waals surface area contributed by atoms with Crippen LogP contribution in [-0.2, 0) is 11.2 Å². The smallest absolute Gasteiger partial charge is 0.341 e. The van der Waals surface area contributed by atoms with Gasteiger partial charge < -0.3 is 4.74 Å². The summed E-state index contributed by atoms with van der Waals surface area (Å²) in [4.78, 5) is 27.9. The molecular formula is C18H17F2NO3S. The lowest BCUT2D eigenvalue weighted by atomic mass is 10.1. The molecule has 4 nitrogen and oxygen atoms in total. The van der Waals surface area contributed by atoms with Crippen LogP contribution in [0, 0.1) is 0 Å². The lowest BCUT2D eigenvalue weighted by molar-refractivity contribution is 0.0470. The number of hydrogen-bond acceptors (Lipinski definition) is 5. The molecule has 7 heteroatoms. The Hall–Kier alpha value is -2.28. The van der Waals surface area contributed by atoms with Crippen LogP contribution in [0.4, 0.5) is 8.78 Å². The second kappa shape index (κ2) is 9.27. The van der Waals surface area contributed by atoms with Gasteiger partial charge in [-0.25, -0.2) is 9.78 Å². The summed E-state index contributed by atoms with van der Waals surface area (Å²) >= 11 is 0.160. The van der Waals surface area contributed by atoms with E-state index >= 15 is 0 Å². The number of ketones is 1. The number of benzene rings is 1. The number of nitrogens with zero attached hydrogens (tertiary/aromatic N) is 1. The molecule has 0 aliphatic rings. The van der Waals surface area contributed by atoms with Gasteiger partial charge in [-0.15, -0.1) is 0 Å². The first kappa shape index (κ1) is 19.1. The van der Waals surface area contributed by atoms with E-state index < -0.39 is 18.3 Å². The summed E-state index contributed by atoms with van der Waals surface area (Å²) < 4.78 is 30.0. The molecule has 1 heterocycles. The minimum atomic E-state index is -2.70. The van der Waals surface area contributed by atoms with Crippen LogP contribution < -0.4 is 0 Å². The highest BCUT2D eigenvalue weighted by Gasteiger charge is 2.19. The van der Waals surface area contributed by atoms with Crippen LogP contribution in [-0.4, -0.2) is 29.1 Å². The summed E-state index contributed by atoms with van der Waals surface area (Å²) in [6.45, 7) is 1.61. The van der Waals surface area contributed by atoms with Crippen molar-refractivity contribution < 1.29 is 23.1 Å². The Morgan fingerprint density at radius 2 is 1.92 bits per heavy atom. The minimum absolute atomic E-state index is 0.0844. The number of pyridine rings is 1. The number of thioether (sulfide) groups is 1. The van der Waals surface area contributed by atoms with Crippen molar-refractivity contribution in [2.45, 2.75) is 30.5 Å². The van der Waals surface area contributed by atoms with Crippen molar-refractivity contribution in [1.29, 1.82) is 0 Å². The average Bonchev–Trinajstić information content (AvgIpc) is 2.60. The van der Waals surface area contributed by atoms with Crippen LogP contribution in [0.5, 0.6) is 0 Å². The Labute approximate surface area is 148 Å². The van der Waals surface area contributed by atoms with Gasteiger partial charge in [-0.1, -0.05) is 37.6 Å². The number of carbonyl (C=O) groups is 2. The maximum Gasteiger partial charge on any atom is 0.341 e. The summed E-state index contributed by atoms with van der Waals surface area (Å²) in [6.07, 6.45) is 3.24. The Bertz CT molecular complexity index is 735. The number of hydrogen-bond donors (Lipinski definition) is 0. The molecule has 1 aromatic heterocycles. The van der Waals surface area contributed by atoms with Gasteiger partial charge in [0.05, 0.1) is 5.56 Å². The maximum atomic E-state index is 12.5. The summed E-state index contributed by atoms with van der Waals surface area (Å²) in [5.41, 5.74) is 1.47. The van der Waals surface area contributed by atoms with E-state index in [-0.39, 0.29) is 28.1 Å². The molecule has 0 radical (unpaired) electrons. The molecular weight excluding hydrogens is 348 g/mol. The lowest BCUT2D eigenvalue weighted by Gasteiger charge is -2.08. The number of ether oxygens (including phenoxy) is 1. The molecule has 0 aliphatic carbocycles. The molecule has 132 valence electrons. The number of aryl methyl sites for hydroxylation is 1. The topological polar surface area (TPSA) is 56.3 Å². The van der Waals surface area contributed by atoms with Gasteiger partial charge in [0.1, 0.15) is 5.03 Å². The van der Waals surface area contributed by atoms with Crippen LogP contribution in [0.3, 0.4) is 0 Å². The molecule has 0 fully saturated rings. The molecule has 0 aliphatic heterocycles. The minimum Gasteiger partial charge on any atom is -0.454 e. The molecule has 0 bridgehead atoms. The van der Waals surface area contributed by atoms with E-state index in [0.717, 1.165) is 18.4 Å². The molecule has 1 aromatic carbocycles. The van der Waals surface area contributed by atoms with Crippen molar-refractivity contribution in [3.05, 3.63) is 59.3 Å². The third kappa shape index (κ3) is 5.63. The Morgan fingerprint density at radius 3 is 2.56 bits per heavy atom. The molecule has 2 aromatic rings. The van der Waals surface area contributed by atoms with E-state index in [2.05, 4.69) is 11.9 Å². The molecule has 0 N–H and O–H groups in total. The second-order valence-corrected chi connectivity index (χ2v) is 6.16. The number of aromatic nitrogens is 1. The van der Waals surface area contributed by atoms with Crippen molar-refractivity contribution in [2.24, 2.45) is 0 Å². The van der Waals surface area contributed by atoms with E-state index in [1.165, 1.54) is 18.3 Å². The van der Waals surface area contributed by atoms with Gasteiger partial charge in [-0.3, -0.25) is 4.79 Å². The van der Waals surface area contributed by atoms with E-state index in [9.17, 15) is 18.4 Å². The fourth-order valence-corrected chi connectivity index (χ4v) is 2.73. The van der Waals surface area contributed by atoms with Gasteiger partial charge in [-0.05, 0) is 35.9 Å². The Morgan fingerprint density at radius 1 is 1.20 bits per heavy atom. The number of carbonyl (C=O) groups excluding carboxylic acids is 2. The summed E-state index contributed by atoms with van der Waals surface area (Å²) in [7, 11) is 0. The van der Waals surface area contributed by atoms with Gasteiger partial charge in [0, 0.05) is 11.8 Å². The fourth-order valence-electron chi connectivity index (χ4n) is 2.16. The standard InChI is InChI=1S/C18H17F2NO3S/c1-2-4-12-6-8-13(9-7-12)15(22)11-24-17(23)14-5-3-10-21-16(14)25-18(19)20/h3,5-10,18H,2,4,11H2,1H3. The van der Waals surface area contributed by atoms with Gasteiger partial charge in [0.2, 0.25) is 0 Å². The van der Waals surface area contributed by atoms with Crippen molar-refractivity contribution in [3.8, 4) is 0 Å². The number of rotatable bonds is 8. The predicted molar refractivity (Wildman–Crippen MR) is 91.1 cm³/mol. The summed E-state index contributed by atoms with van der Waals surface area (Å²) in [5, 5.41) is -0.126. The first-order valence-electron chi connectivity index (χ1n) is 7.70. The predicted octanol–water partition coefficient (Wildman–Crippen LogP) is 4.39. The molecule has 0 unspecified atom stereocenters. The van der Waals surface area contributed by atoms with Gasteiger partial charge in [0.15, 0.2) is 12.4 Å². The highest BCUT2D eigenvalue weighted by Crippen LogP contribution is 2.26. The van der Waals surface area contributed by atoms with Gasteiger partial charge >= 0.3 is 5.97 Å². The van der Waals surface area contributed by atoms with E-state index in [1.807, 2.05) is 12.1 Å². The number of esters is 1. The number of alkyl halides is 2. The fraction of sp³-hybridized carbons (Fsp3) is 0.278. The van der Waals surface area contributed by atoms with Gasteiger partial charge in [0.25, 0.3) is 5.76 Å². The molecule has 0 spiro atoms. The molecule has 0 atom stereocenters. The number of halogens is 2. The average molecular weight is 365 g/mol. The zero-order chi connectivity index (χ0) is 18.2. The third-order valence-electron chi connectivity index (χ3n) is 3.34. The molecule has 0 saturated heterocycles. The van der Waals surface area contributed by atoms with E-state index in [4.69, 9.17) is 4.74 Å². The monoisotopic (exact) mass is 365 g/mol. The first-order chi connectivity index (χ1) is 12.0. The first-order valence-corrected chi connectivity index (χ1v) is 8.58. The van der Waals surface area contributed by atoms with E-state index in [0.29, 0.717) is 5.56 Å². The van der Waals surface area contributed by atoms with Crippen molar-refractivity contribution >= 4 is 23.5 Å². The molecule has 0 saturated carbocycles. The van der Waals surface area contributed by atoms with Crippen LogP contribution >= 0.6 is 11.8 Å². The highest BCUT2D eigenvalue weighted by molar-refractivity contribution is 7.99. The SMILES string of the molecule is CCCc1ccc(C(=O)COC(=O)c2cccnc2SC(F)F)cc1. The summed E-state index contributed by atoms with van der Waals surface area (Å²) in [5.74, 6) is -3.92. The largest absolute Gasteiger partial charge is 0.454 e. The number of Topliss-reactive ketones (excluding diaryl/α,β-unsaturated/α-hetero) is 1. The van der Waals surface area contributed by atoms with Crippen molar-refractivity contribution in [3.63, 3.8) is 0 Å². The Kier molecular flexibility index (Phi) is 7.06.